The number of nitrogens with two attached hydrogens (primary N) is 1. The van der Waals surface area contributed by atoms with Gasteiger partial charge in [-0.25, -0.2) is 4.39 Å². The molecule has 0 aliphatic rings. The van der Waals surface area contributed by atoms with E-state index in [9.17, 15) is 9.18 Å². The lowest BCUT2D eigenvalue weighted by Gasteiger charge is -2.16. The molecular weight excluding hydrogens is 255 g/mol. The fraction of sp³-hybridized carbons (Fsp3) is 0.562. The van der Waals surface area contributed by atoms with Crippen molar-refractivity contribution in [2.75, 3.05) is 13.1 Å². The van der Waals surface area contributed by atoms with Crippen LogP contribution in [-0.2, 0) is 11.2 Å². The molecule has 0 aliphatic heterocycles. The molecule has 0 saturated heterocycles. The van der Waals surface area contributed by atoms with E-state index in [1.165, 1.54) is 6.07 Å². The van der Waals surface area contributed by atoms with E-state index in [4.69, 9.17) is 5.73 Å². The van der Waals surface area contributed by atoms with Crippen LogP contribution in [0.25, 0.3) is 0 Å². The predicted octanol–water partition coefficient (Wildman–Crippen LogP) is 2.50. The van der Waals surface area contributed by atoms with E-state index < -0.39 is 0 Å². The summed E-state index contributed by atoms with van der Waals surface area (Å²) in [5, 5.41) is 2.84. The van der Waals surface area contributed by atoms with Gasteiger partial charge in [0, 0.05) is 13.0 Å². The summed E-state index contributed by atoms with van der Waals surface area (Å²) in [6.07, 6.45) is 1.92. The van der Waals surface area contributed by atoms with Gasteiger partial charge in [0.25, 0.3) is 0 Å². The minimum atomic E-state index is -0.221. The topological polar surface area (TPSA) is 55.1 Å². The van der Waals surface area contributed by atoms with Crippen molar-refractivity contribution in [2.45, 2.75) is 33.1 Å². The van der Waals surface area contributed by atoms with Gasteiger partial charge in [0.15, 0.2) is 0 Å². The Morgan fingerprint density at radius 2 is 2.05 bits per heavy atom. The van der Waals surface area contributed by atoms with Gasteiger partial charge in [0.1, 0.15) is 5.82 Å². The van der Waals surface area contributed by atoms with Gasteiger partial charge in [-0.2, -0.15) is 0 Å². The van der Waals surface area contributed by atoms with Crippen molar-refractivity contribution >= 4 is 5.91 Å². The minimum Gasteiger partial charge on any atom is -0.356 e. The van der Waals surface area contributed by atoms with E-state index >= 15 is 0 Å². The van der Waals surface area contributed by atoms with Gasteiger partial charge in [0.05, 0.1) is 0 Å². The first-order valence-electron chi connectivity index (χ1n) is 7.23. The highest BCUT2D eigenvalue weighted by Gasteiger charge is 2.13. The lowest BCUT2D eigenvalue weighted by atomic mass is 9.94. The summed E-state index contributed by atoms with van der Waals surface area (Å²) in [6, 6.07) is 6.63. The van der Waals surface area contributed by atoms with Gasteiger partial charge in [-0.05, 0) is 42.9 Å². The molecule has 0 aromatic heterocycles. The van der Waals surface area contributed by atoms with Crippen LogP contribution in [0.4, 0.5) is 4.39 Å². The molecule has 112 valence electrons. The van der Waals surface area contributed by atoms with Gasteiger partial charge < -0.3 is 11.1 Å². The minimum absolute atomic E-state index is 0.00237. The number of nitrogens with one attached hydrogen (secondary N) is 1. The number of benzene rings is 1. The first-order valence-corrected chi connectivity index (χ1v) is 7.23. The summed E-state index contributed by atoms with van der Waals surface area (Å²) in [4.78, 5) is 11.8. The van der Waals surface area contributed by atoms with Gasteiger partial charge >= 0.3 is 0 Å². The molecule has 0 heterocycles. The maximum absolute atomic E-state index is 13.4. The SMILES string of the molecule is CC(C)C[C@H](CN)CC(=O)NCCc1ccccc1F. The first kappa shape index (κ1) is 16.6. The second-order valence-corrected chi connectivity index (χ2v) is 5.63. The van der Waals surface area contributed by atoms with Crippen molar-refractivity contribution < 1.29 is 9.18 Å². The Morgan fingerprint density at radius 3 is 2.65 bits per heavy atom. The molecule has 3 N–H and O–H groups in total. The predicted molar refractivity (Wildman–Crippen MR) is 79.7 cm³/mol. The Kier molecular flexibility index (Phi) is 7.23. The molecule has 4 heteroatoms. The zero-order valence-corrected chi connectivity index (χ0v) is 12.4. The summed E-state index contributed by atoms with van der Waals surface area (Å²) in [5.74, 6) is 0.539. The van der Waals surface area contributed by atoms with E-state index in [2.05, 4.69) is 19.2 Å². The van der Waals surface area contributed by atoms with Crippen LogP contribution in [-0.4, -0.2) is 19.0 Å². The summed E-state index contributed by atoms with van der Waals surface area (Å²) in [7, 11) is 0. The molecule has 20 heavy (non-hydrogen) atoms. The normalized spacial score (nSPS) is 12.4. The molecule has 0 saturated carbocycles. The smallest absolute Gasteiger partial charge is 0.220 e. The van der Waals surface area contributed by atoms with E-state index in [0.29, 0.717) is 37.4 Å². The zero-order valence-electron chi connectivity index (χ0n) is 12.4. The van der Waals surface area contributed by atoms with Gasteiger partial charge in [0.2, 0.25) is 5.91 Å². The average molecular weight is 280 g/mol. The van der Waals surface area contributed by atoms with Crippen LogP contribution in [0.3, 0.4) is 0 Å². The van der Waals surface area contributed by atoms with Crippen LogP contribution in [0.1, 0.15) is 32.3 Å². The van der Waals surface area contributed by atoms with Gasteiger partial charge in [-0.1, -0.05) is 32.0 Å². The highest BCUT2D eigenvalue weighted by atomic mass is 19.1. The third-order valence-electron chi connectivity index (χ3n) is 3.29. The molecule has 1 atom stereocenters. The Morgan fingerprint density at radius 1 is 1.35 bits per heavy atom. The Bertz CT molecular complexity index is 421. The molecule has 0 bridgehead atoms. The fourth-order valence-electron chi connectivity index (χ4n) is 2.30. The van der Waals surface area contributed by atoms with Crippen LogP contribution in [0.2, 0.25) is 0 Å². The summed E-state index contributed by atoms with van der Waals surface area (Å²) in [5.41, 5.74) is 6.31. The van der Waals surface area contributed by atoms with Crippen molar-refractivity contribution in [1.29, 1.82) is 0 Å². The largest absolute Gasteiger partial charge is 0.356 e. The Balaban J connectivity index is 2.31. The van der Waals surface area contributed by atoms with Crippen LogP contribution >= 0.6 is 0 Å². The molecular formula is C16H25FN2O. The standard InChI is InChI=1S/C16H25FN2O/c1-12(2)9-13(11-18)10-16(20)19-8-7-14-5-3-4-6-15(14)17/h3-6,12-13H,7-11,18H2,1-2H3,(H,19,20)/t13-/m0/s1. The number of hydrogen-bond acceptors (Lipinski definition) is 2. The molecule has 0 unspecified atom stereocenters. The van der Waals surface area contributed by atoms with Crippen molar-refractivity contribution in [1.82, 2.24) is 5.32 Å². The second-order valence-electron chi connectivity index (χ2n) is 5.63. The summed E-state index contributed by atoms with van der Waals surface area (Å²) in [6.45, 7) is 5.23. The summed E-state index contributed by atoms with van der Waals surface area (Å²) >= 11 is 0. The summed E-state index contributed by atoms with van der Waals surface area (Å²) < 4.78 is 13.4. The number of halogens is 1. The fourth-order valence-corrected chi connectivity index (χ4v) is 2.30. The quantitative estimate of drug-likeness (QED) is 0.768. The molecule has 3 nitrogen and oxygen atoms in total. The Labute approximate surface area is 120 Å². The highest BCUT2D eigenvalue weighted by Crippen LogP contribution is 2.14. The first-order chi connectivity index (χ1) is 9.52. The monoisotopic (exact) mass is 280 g/mol. The van der Waals surface area contributed by atoms with Crippen molar-refractivity contribution in [2.24, 2.45) is 17.6 Å². The number of carbonyl (C=O) groups is 1. The molecule has 0 radical (unpaired) electrons. The third-order valence-corrected chi connectivity index (χ3v) is 3.29. The van der Waals surface area contributed by atoms with Crippen LogP contribution < -0.4 is 11.1 Å². The molecule has 0 fully saturated rings. The number of rotatable bonds is 8. The van der Waals surface area contributed by atoms with Gasteiger partial charge in [-0.3, -0.25) is 4.79 Å². The van der Waals surface area contributed by atoms with Crippen molar-refractivity contribution in [3.05, 3.63) is 35.6 Å². The highest BCUT2D eigenvalue weighted by molar-refractivity contribution is 5.76. The molecule has 0 aliphatic carbocycles. The number of carbonyl (C=O) groups excluding carboxylic acids is 1. The van der Waals surface area contributed by atoms with E-state index in [0.717, 1.165) is 6.42 Å². The molecule has 1 aromatic rings. The molecule has 0 spiro atoms. The molecule has 1 amide bonds. The number of hydrogen-bond donors (Lipinski definition) is 2. The lowest BCUT2D eigenvalue weighted by Crippen LogP contribution is -2.30. The lowest BCUT2D eigenvalue weighted by molar-refractivity contribution is -0.122. The average Bonchev–Trinajstić information content (AvgIpc) is 2.39. The second kappa shape index (κ2) is 8.69. The maximum Gasteiger partial charge on any atom is 0.220 e. The van der Waals surface area contributed by atoms with Crippen molar-refractivity contribution in [3.63, 3.8) is 0 Å². The van der Waals surface area contributed by atoms with Crippen LogP contribution in [0.5, 0.6) is 0 Å². The number of amides is 1. The van der Waals surface area contributed by atoms with Crippen molar-refractivity contribution in [3.8, 4) is 0 Å². The maximum atomic E-state index is 13.4. The van der Waals surface area contributed by atoms with Gasteiger partial charge in [-0.15, -0.1) is 0 Å². The van der Waals surface area contributed by atoms with E-state index in [1.807, 2.05) is 0 Å². The van der Waals surface area contributed by atoms with Crippen LogP contribution in [0, 0.1) is 17.7 Å². The van der Waals surface area contributed by atoms with E-state index in [1.54, 1.807) is 18.2 Å². The molecule has 1 rings (SSSR count). The Hall–Kier alpha value is -1.42. The van der Waals surface area contributed by atoms with E-state index in [-0.39, 0.29) is 17.6 Å². The zero-order chi connectivity index (χ0) is 15.0. The van der Waals surface area contributed by atoms with Crippen LogP contribution in [0.15, 0.2) is 24.3 Å². The third kappa shape index (κ3) is 6.15. The molecule has 1 aromatic carbocycles.